The predicted octanol–water partition coefficient (Wildman–Crippen LogP) is 4.07. The fourth-order valence-corrected chi connectivity index (χ4v) is 3.14. The van der Waals surface area contributed by atoms with Crippen molar-refractivity contribution in [1.29, 1.82) is 0 Å². The third kappa shape index (κ3) is 7.13. The molecule has 0 unspecified atom stereocenters. The number of carbonyl (C=O) groups is 1. The molecular formula is C24H28O5. The lowest BCUT2D eigenvalue weighted by Crippen LogP contribution is -2.41. The van der Waals surface area contributed by atoms with Gasteiger partial charge >= 0.3 is 5.97 Å². The summed E-state index contributed by atoms with van der Waals surface area (Å²) in [6.45, 7) is 3.51. The summed E-state index contributed by atoms with van der Waals surface area (Å²) in [5.41, 5.74) is 2.20. The Morgan fingerprint density at radius 2 is 1.59 bits per heavy atom. The van der Waals surface area contributed by atoms with Gasteiger partial charge in [0.2, 0.25) is 0 Å². The number of rotatable bonds is 10. The van der Waals surface area contributed by atoms with Gasteiger partial charge in [-0.25, -0.2) is 0 Å². The molecule has 0 amide bonds. The Hall–Kier alpha value is -2.47. The van der Waals surface area contributed by atoms with Crippen molar-refractivity contribution in [2.75, 3.05) is 13.2 Å². The first-order valence-corrected chi connectivity index (χ1v) is 10.0. The van der Waals surface area contributed by atoms with Crippen molar-refractivity contribution in [1.82, 2.24) is 0 Å². The zero-order chi connectivity index (χ0) is 20.3. The second-order valence-electron chi connectivity index (χ2n) is 6.87. The first-order chi connectivity index (χ1) is 14.2. The van der Waals surface area contributed by atoms with Crippen molar-refractivity contribution in [2.24, 2.45) is 0 Å². The lowest BCUT2D eigenvalue weighted by molar-refractivity contribution is -0.152. The van der Waals surface area contributed by atoms with E-state index in [1.165, 1.54) is 0 Å². The van der Waals surface area contributed by atoms with Crippen LogP contribution in [0.2, 0.25) is 0 Å². The van der Waals surface area contributed by atoms with Crippen molar-refractivity contribution < 1.29 is 23.7 Å². The van der Waals surface area contributed by atoms with Crippen LogP contribution < -0.4 is 0 Å². The molecule has 5 heteroatoms. The number of benzene rings is 2. The van der Waals surface area contributed by atoms with Crippen LogP contribution in [0.4, 0.5) is 0 Å². The summed E-state index contributed by atoms with van der Waals surface area (Å²) in [6.07, 6.45) is 3.14. The molecule has 29 heavy (non-hydrogen) atoms. The number of carbonyl (C=O) groups excluding carboxylic acids is 1. The van der Waals surface area contributed by atoms with Gasteiger partial charge in [0.25, 0.3) is 0 Å². The largest absolute Gasteiger partial charge is 0.466 e. The number of esters is 1. The Labute approximate surface area is 172 Å². The fraction of sp³-hybridized carbons (Fsp3) is 0.375. The van der Waals surface area contributed by atoms with Crippen LogP contribution in [0.5, 0.6) is 0 Å². The molecule has 0 radical (unpaired) electrons. The highest BCUT2D eigenvalue weighted by molar-refractivity contribution is 5.70. The van der Waals surface area contributed by atoms with Gasteiger partial charge in [0, 0.05) is 0 Å². The van der Waals surface area contributed by atoms with Crippen molar-refractivity contribution in [3.63, 3.8) is 0 Å². The second kappa shape index (κ2) is 11.5. The molecule has 5 nitrogen and oxygen atoms in total. The van der Waals surface area contributed by atoms with E-state index in [1.54, 1.807) is 6.92 Å². The van der Waals surface area contributed by atoms with Gasteiger partial charge in [-0.1, -0.05) is 72.8 Å². The van der Waals surface area contributed by atoms with Crippen LogP contribution in [0.25, 0.3) is 0 Å². The number of hydrogen-bond acceptors (Lipinski definition) is 5. The highest BCUT2D eigenvalue weighted by Crippen LogP contribution is 2.21. The van der Waals surface area contributed by atoms with E-state index >= 15 is 0 Å². The number of ether oxygens (including phenoxy) is 4. The maximum absolute atomic E-state index is 11.8. The van der Waals surface area contributed by atoms with E-state index in [4.69, 9.17) is 18.9 Å². The molecule has 0 N–H and O–H groups in total. The van der Waals surface area contributed by atoms with E-state index in [0.29, 0.717) is 26.4 Å². The highest BCUT2D eigenvalue weighted by Gasteiger charge is 2.29. The third-order valence-corrected chi connectivity index (χ3v) is 4.58. The Bertz CT molecular complexity index is 759. The summed E-state index contributed by atoms with van der Waals surface area (Å²) >= 11 is 0. The van der Waals surface area contributed by atoms with E-state index in [9.17, 15) is 4.79 Å². The molecule has 0 fully saturated rings. The van der Waals surface area contributed by atoms with Crippen molar-refractivity contribution in [2.45, 2.75) is 44.9 Å². The molecule has 2 aromatic rings. The average Bonchev–Trinajstić information content (AvgIpc) is 2.75. The monoisotopic (exact) mass is 396 g/mol. The third-order valence-electron chi connectivity index (χ3n) is 4.58. The molecule has 154 valence electrons. The molecule has 0 bridgehead atoms. The molecule has 3 atom stereocenters. The van der Waals surface area contributed by atoms with Crippen LogP contribution >= 0.6 is 0 Å². The second-order valence-corrected chi connectivity index (χ2v) is 6.87. The van der Waals surface area contributed by atoms with Gasteiger partial charge in [0.1, 0.15) is 12.2 Å². The molecule has 2 aromatic carbocycles. The molecule has 0 aliphatic carbocycles. The lowest BCUT2D eigenvalue weighted by Gasteiger charge is -2.32. The maximum Gasteiger partial charge on any atom is 0.308 e. The number of hydrogen-bond donors (Lipinski definition) is 0. The van der Waals surface area contributed by atoms with Gasteiger partial charge in [-0.15, -0.1) is 0 Å². The van der Waals surface area contributed by atoms with E-state index in [0.717, 1.165) is 11.1 Å². The van der Waals surface area contributed by atoms with Gasteiger partial charge in [-0.3, -0.25) is 4.79 Å². The smallest absolute Gasteiger partial charge is 0.308 e. The van der Waals surface area contributed by atoms with E-state index < -0.39 is 0 Å². The molecule has 0 aromatic heterocycles. The maximum atomic E-state index is 11.8. The fourth-order valence-electron chi connectivity index (χ4n) is 3.14. The van der Waals surface area contributed by atoms with Gasteiger partial charge < -0.3 is 18.9 Å². The van der Waals surface area contributed by atoms with Crippen molar-refractivity contribution >= 4 is 5.97 Å². The lowest BCUT2D eigenvalue weighted by atomic mass is 10.1. The molecule has 0 saturated carbocycles. The van der Waals surface area contributed by atoms with Crippen LogP contribution in [-0.4, -0.2) is 37.5 Å². The SMILES string of the molecule is CCOC(=O)C[C@H]1C=C[C@H](OCc2ccccc2)[C@@H](COCc2ccccc2)O1. The molecular weight excluding hydrogens is 368 g/mol. The van der Waals surface area contributed by atoms with Gasteiger partial charge in [-0.05, 0) is 18.1 Å². The van der Waals surface area contributed by atoms with Crippen LogP contribution in [0.1, 0.15) is 24.5 Å². The Kier molecular flexibility index (Phi) is 8.43. The minimum atomic E-state index is -0.337. The quantitative estimate of drug-likeness (QED) is 0.448. The molecule has 1 aliphatic heterocycles. The summed E-state index contributed by atoms with van der Waals surface area (Å²) in [5, 5.41) is 0. The Morgan fingerprint density at radius 3 is 2.24 bits per heavy atom. The van der Waals surface area contributed by atoms with Crippen LogP contribution in [0.3, 0.4) is 0 Å². The summed E-state index contributed by atoms with van der Waals surface area (Å²) in [4.78, 5) is 11.8. The molecule has 0 spiro atoms. The van der Waals surface area contributed by atoms with Crippen LogP contribution in [-0.2, 0) is 37.0 Å². The minimum absolute atomic E-state index is 0.185. The summed E-state index contributed by atoms with van der Waals surface area (Å²) in [6, 6.07) is 20.0. The first-order valence-electron chi connectivity index (χ1n) is 10.0. The summed E-state index contributed by atoms with van der Waals surface area (Å²) in [7, 11) is 0. The normalized spacial score (nSPS) is 21.1. The van der Waals surface area contributed by atoms with E-state index in [-0.39, 0.29) is 30.7 Å². The topological polar surface area (TPSA) is 54.0 Å². The Morgan fingerprint density at radius 1 is 0.931 bits per heavy atom. The molecule has 0 saturated heterocycles. The first kappa shape index (κ1) is 21.2. The van der Waals surface area contributed by atoms with Crippen LogP contribution in [0, 0.1) is 0 Å². The van der Waals surface area contributed by atoms with Crippen LogP contribution in [0.15, 0.2) is 72.8 Å². The zero-order valence-electron chi connectivity index (χ0n) is 16.7. The van der Waals surface area contributed by atoms with Gasteiger partial charge in [0.15, 0.2) is 0 Å². The van der Waals surface area contributed by atoms with E-state index in [1.807, 2.05) is 72.8 Å². The summed E-state index contributed by atoms with van der Waals surface area (Å²) < 4.78 is 23.1. The minimum Gasteiger partial charge on any atom is -0.466 e. The average molecular weight is 396 g/mol. The van der Waals surface area contributed by atoms with Gasteiger partial charge in [0.05, 0.1) is 39.0 Å². The highest BCUT2D eigenvalue weighted by atomic mass is 16.6. The molecule has 1 aliphatic rings. The molecule has 1 heterocycles. The Balaban J connectivity index is 1.58. The van der Waals surface area contributed by atoms with E-state index in [2.05, 4.69) is 0 Å². The van der Waals surface area contributed by atoms with Gasteiger partial charge in [-0.2, -0.15) is 0 Å². The van der Waals surface area contributed by atoms with Crippen molar-refractivity contribution in [3.8, 4) is 0 Å². The predicted molar refractivity (Wildman–Crippen MR) is 110 cm³/mol. The molecule has 3 rings (SSSR count). The zero-order valence-corrected chi connectivity index (χ0v) is 16.7. The summed E-state index contributed by atoms with van der Waals surface area (Å²) in [5.74, 6) is -0.269. The van der Waals surface area contributed by atoms with Crippen molar-refractivity contribution in [3.05, 3.63) is 83.9 Å². The standard InChI is InChI=1S/C24H28O5/c1-2-27-24(25)15-21-13-14-22(28-17-20-11-7-4-8-12-20)23(29-21)18-26-16-19-9-5-3-6-10-19/h3-14,21-23H,2,15-18H2,1H3/t21-,22+,23-/m1/s1.